The van der Waals surface area contributed by atoms with Crippen LogP contribution < -0.4 is 4.74 Å². The molecular formula is C18H20ClNO2. The maximum atomic E-state index is 12.3. The van der Waals surface area contributed by atoms with E-state index in [0.717, 1.165) is 12.0 Å². The van der Waals surface area contributed by atoms with Crippen molar-refractivity contribution in [3.8, 4) is 5.75 Å². The van der Waals surface area contributed by atoms with E-state index in [2.05, 4.69) is 6.92 Å². The molecule has 0 aliphatic carbocycles. The van der Waals surface area contributed by atoms with Gasteiger partial charge in [-0.15, -0.1) is 0 Å². The summed E-state index contributed by atoms with van der Waals surface area (Å²) in [4.78, 5) is 14.1. The standard InChI is InChI=1S/C18H20ClNO2/c1-3-17(14-7-5-4-6-8-14)20(2)18(21)13-22-16-11-9-15(19)10-12-16/h4-12,17H,3,13H2,1-2H3. The van der Waals surface area contributed by atoms with Crippen molar-refractivity contribution < 1.29 is 9.53 Å². The Balaban J connectivity index is 1.97. The number of nitrogens with zero attached hydrogens (tertiary/aromatic N) is 1. The Morgan fingerprint density at radius 1 is 1.14 bits per heavy atom. The van der Waals surface area contributed by atoms with Gasteiger partial charge >= 0.3 is 0 Å². The second-order valence-electron chi connectivity index (χ2n) is 5.08. The summed E-state index contributed by atoms with van der Waals surface area (Å²) in [7, 11) is 1.81. The maximum absolute atomic E-state index is 12.3. The quantitative estimate of drug-likeness (QED) is 0.793. The van der Waals surface area contributed by atoms with E-state index in [0.29, 0.717) is 10.8 Å². The molecule has 1 amide bonds. The fourth-order valence-electron chi connectivity index (χ4n) is 2.36. The molecule has 2 aromatic carbocycles. The minimum Gasteiger partial charge on any atom is -0.484 e. The highest BCUT2D eigenvalue weighted by molar-refractivity contribution is 6.30. The predicted octanol–water partition coefficient (Wildman–Crippen LogP) is 4.33. The van der Waals surface area contributed by atoms with E-state index in [9.17, 15) is 4.79 Å². The van der Waals surface area contributed by atoms with Gasteiger partial charge in [-0.1, -0.05) is 48.9 Å². The van der Waals surface area contributed by atoms with Gasteiger partial charge in [-0.05, 0) is 36.2 Å². The lowest BCUT2D eigenvalue weighted by Gasteiger charge is -2.27. The molecule has 0 bridgehead atoms. The van der Waals surface area contributed by atoms with E-state index in [4.69, 9.17) is 16.3 Å². The number of likely N-dealkylation sites (N-methyl/N-ethyl adjacent to an activating group) is 1. The minimum absolute atomic E-state index is 0.0153. The van der Waals surface area contributed by atoms with Crippen LogP contribution >= 0.6 is 11.6 Å². The summed E-state index contributed by atoms with van der Waals surface area (Å²) in [5.74, 6) is 0.588. The highest BCUT2D eigenvalue weighted by Crippen LogP contribution is 2.23. The molecule has 0 radical (unpaired) electrons. The van der Waals surface area contributed by atoms with Crippen LogP contribution in [0.2, 0.25) is 5.02 Å². The third-order valence-electron chi connectivity index (χ3n) is 3.61. The van der Waals surface area contributed by atoms with Gasteiger partial charge in [0.15, 0.2) is 6.61 Å². The van der Waals surface area contributed by atoms with Gasteiger partial charge in [0, 0.05) is 12.1 Å². The van der Waals surface area contributed by atoms with Gasteiger partial charge in [0.1, 0.15) is 5.75 Å². The summed E-state index contributed by atoms with van der Waals surface area (Å²) in [6, 6.07) is 17.1. The molecule has 1 atom stereocenters. The normalized spacial score (nSPS) is 11.8. The molecule has 0 aliphatic rings. The molecule has 116 valence electrons. The van der Waals surface area contributed by atoms with Gasteiger partial charge in [0.25, 0.3) is 5.91 Å². The van der Waals surface area contributed by atoms with Crippen molar-refractivity contribution in [1.29, 1.82) is 0 Å². The Hall–Kier alpha value is -2.00. The smallest absolute Gasteiger partial charge is 0.260 e. The summed E-state index contributed by atoms with van der Waals surface area (Å²) in [6.07, 6.45) is 0.854. The first-order valence-electron chi connectivity index (χ1n) is 7.30. The number of carbonyl (C=O) groups is 1. The van der Waals surface area contributed by atoms with Crippen LogP contribution in [0, 0.1) is 0 Å². The Morgan fingerprint density at radius 2 is 1.77 bits per heavy atom. The number of hydrogen-bond acceptors (Lipinski definition) is 2. The first-order chi connectivity index (χ1) is 10.6. The summed E-state index contributed by atoms with van der Waals surface area (Å²) in [5.41, 5.74) is 1.13. The first kappa shape index (κ1) is 16.4. The molecule has 0 N–H and O–H groups in total. The summed E-state index contributed by atoms with van der Waals surface area (Å²) in [5, 5.41) is 0.644. The van der Waals surface area contributed by atoms with Crippen LogP contribution in [0.4, 0.5) is 0 Å². The lowest BCUT2D eigenvalue weighted by molar-refractivity contribution is -0.134. The number of carbonyl (C=O) groups excluding carboxylic acids is 1. The lowest BCUT2D eigenvalue weighted by atomic mass is 10.0. The fraction of sp³-hybridized carbons (Fsp3) is 0.278. The number of benzene rings is 2. The third kappa shape index (κ3) is 4.25. The van der Waals surface area contributed by atoms with Crippen molar-refractivity contribution in [1.82, 2.24) is 4.90 Å². The predicted molar refractivity (Wildman–Crippen MR) is 89.2 cm³/mol. The zero-order chi connectivity index (χ0) is 15.9. The number of halogens is 1. The number of rotatable bonds is 6. The van der Waals surface area contributed by atoms with Gasteiger partial charge in [0.05, 0.1) is 6.04 Å². The van der Waals surface area contributed by atoms with Crippen LogP contribution in [0.15, 0.2) is 54.6 Å². The van der Waals surface area contributed by atoms with E-state index in [-0.39, 0.29) is 18.6 Å². The lowest BCUT2D eigenvalue weighted by Crippen LogP contribution is -2.34. The van der Waals surface area contributed by atoms with E-state index in [1.54, 1.807) is 29.2 Å². The third-order valence-corrected chi connectivity index (χ3v) is 3.86. The van der Waals surface area contributed by atoms with Crippen molar-refractivity contribution in [3.05, 3.63) is 65.2 Å². The van der Waals surface area contributed by atoms with E-state index >= 15 is 0 Å². The summed E-state index contributed by atoms with van der Waals surface area (Å²) in [6.45, 7) is 2.09. The molecule has 3 nitrogen and oxygen atoms in total. The highest BCUT2D eigenvalue weighted by atomic mass is 35.5. The monoisotopic (exact) mass is 317 g/mol. The SMILES string of the molecule is CCC(c1ccccc1)N(C)C(=O)COc1ccc(Cl)cc1. The topological polar surface area (TPSA) is 29.5 Å². The Morgan fingerprint density at radius 3 is 2.36 bits per heavy atom. The average Bonchev–Trinajstić information content (AvgIpc) is 2.55. The zero-order valence-electron chi connectivity index (χ0n) is 12.8. The highest BCUT2D eigenvalue weighted by Gasteiger charge is 2.20. The summed E-state index contributed by atoms with van der Waals surface area (Å²) < 4.78 is 5.52. The van der Waals surface area contributed by atoms with Crippen LogP contribution in [-0.4, -0.2) is 24.5 Å². The average molecular weight is 318 g/mol. The summed E-state index contributed by atoms with van der Waals surface area (Å²) >= 11 is 5.82. The molecular weight excluding hydrogens is 298 g/mol. The second-order valence-corrected chi connectivity index (χ2v) is 5.52. The molecule has 0 saturated heterocycles. The molecule has 1 unspecified atom stereocenters. The van der Waals surface area contributed by atoms with Gasteiger partial charge in [-0.3, -0.25) is 4.79 Å². The first-order valence-corrected chi connectivity index (χ1v) is 7.68. The molecule has 0 saturated carbocycles. The Kier molecular flexibility index (Phi) is 5.84. The Labute approximate surface area is 136 Å². The van der Waals surface area contributed by atoms with Crippen molar-refractivity contribution in [2.75, 3.05) is 13.7 Å². The molecule has 4 heteroatoms. The largest absolute Gasteiger partial charge is 0.484 e. The molecule has 2 aromatic rings. The van der Waals surface area contributed by atoms with Crippen LogP contribution in [0.5, 0.6) is 5.75 Å². The molecule has 0 spiro atoms. The minimum atomic E-state index is -0.0503. The van der Waals surface area contributed by atoms with Crippen molar-refractivity contribution in [2.24, 2.45) is 0 Å². The van der Waals surface area contributed by atoms with Gasteiger partial charge in [-0.25, -0.2) is 0 Å². The number of amides is 1. The fourth-order valence-corrected chi connectivity index (χ4v) is 2.49. The van der Waals surface area contributed by atoms with Crippen molar-refractivity contribution in [3.63, 3.8) is 0 Å². The number of hydrogen-bond donors (Lipinski definition) is 0. The van der Waals surface area contributed by atoms with Crippen LogP contribution in [0.1, 0.15) is 24.9 Å². The Bertz CT molecular complexity index is 598. The molecule has 0 heterocycles. The van der Waals surface area contributed by atoms with Crippen molar-refractivity contribution in [2.45, 2.75) is 19.4 Å². The van der Waals surface area contributed by atoms with Crippen LogP contribution in [0.25, 0.3) is 0 Å². The molecule has 0 fully saturated rings. The van der Waals surface area contributed by atoms with E-state index in [1.807, 2.05) is 37.4 Å². The molecule has 22 heavy (non-hydrogen) atoms. The zero-order valence-corrected chi connectivity index (χ0v) is 13.6. The van der Waals surface area contributed by atoms with Gasteiger partial charge < -0.3 is 9.64 Å². The van der Waals surface area contributed by atoms with Gasteiger partial charge in [-0.2, -0.15) is 0 Å². The van der Waals surface area contributed by atoms with Crippen LogP contribution in [0.3, 0.4) is 0 Å². The maximum Gasteiger partial charge on any atom is 0.260 e. The van der Waals surface area contributed by atoms with Gasteiger partial charge in [0.2, 0.25) is 0 Å². The van der Waals surface area contributed by atoms with E-state index in [1.165, 1.54) is 0 Å². The number of ether oxygens (including phenoxy) is 1. The molecule has 0 aliphatic heterocycles. The van der Waals surface area contributed by atoms with Crippen molar-refractivity contribution >= 4 is 17.5 Å². The van der Waals surface area contributed by atoms with E-state index < -0.39 is 0 Å². The van der Waals surface area contributed by atoms with Crippen LogP contribution in [-0.2, 0) is 4.79 Å². The second kappa shape index (κ2) is 7.85. The molecule has 0 aromatic heterocycles. The molecule has 2 rings (SSSR count).